The summed E-state index contributed by atoms with van der Waals surface area (Å²) in [6, 6.07) is 0.211. The van der Waals surface area contributed by atoms with Crippen molar-refractivity contribution in [2.75, 3.05) is 26.2 Å². The minimum Gasteiger partial charge on any atom is -0.481 e. The lowest BCUT2D eigenvalue weighted by Gasteiger charge is -2.32. The van der Waals surface area contributed by atoms with Crippen LogP contribution in [0.15, 0.2) is 0 Å². The number of likely N-dealkylation sites (tertiary alicyclic amines) is 1. The van der Waals surface area contributed by atoms with Crippen LogP contribution < -0.4 is 5.32 Å². The van der Waals surface area contributed by atoms with E-state index in [1.165, 1.54) is 4.90 Å². The average Bonchev–Trinajstić information content (AvgIpc) is 2.24. The Labute approximate surface area is 104 Å². The first-order valence-electron chi connectivity index (χ1n) is 6.11. The molecule has 0 bridgehead atoms. The van der Waals surface area contributed by atoms with Crippen molar-refractivity contribution in [2.45, 2.75) is 37.9 Å². The van der Waals surface area contributed by atoms with Gasteiger partial charge in [-0.25, -0.2) is 0 Å². The molecule has 0 aromatic carbocycles. The molecule has 18 heavy (non-hydrogen) atoms. The summed E-state index contributed by atoms with van der Waals surface area (Å²) in [5.74, 6) is -0.822. The summed E-state index contributed by atoms with van der Waals surface area (Å²) in [5, 5.41) is 11.6. The van der Waals surface area contributed by atoms with Crippen LogP contribution in [0.25, 0.3) is 0 Å². The number of rotatable bonds is 6. The van der Waals surface area contributed by atoms with E-state index < -0.39 is 18.7 Å². The molecule has 0 aromatic rings. The normalized spacial score (nSPS) is 19.1. The lowest BCUT2D eigenvalue weighted by molar-refractivity contribution is -0.148. The summed E-state index contributed by atoms with van der Waals surface area (Å²) in [7, 11) is 0. The fourth-order valence-electron chi connectivity index (χ4n) is 2.09. The molecule has 1 rings (SSSR count). The summed E-state index contributed by atoms with van der Waals surface area (Å²) in [4.78, 5) is 11.7. The van der Waals surface area contributed by atoms with Gasteiger partial charge in [-0.3, -0.25) is 9.69 Å². The summed E-state index contributed by atoms with van der Waals surface area (Å²) in [6.45, 7) is 0.654. The Kier molecular flexibility index (Phi) is 5.87. The van der Waals surface area contributed by atoms with Gasteiger partial charge in [-0.1, -0.05) is 0 Å². The highest BCUT2D eigenvalue weighted by atomic mass is 19.4. The Bertz CT molecular complexity index is 264. The topological polar surface area (TPSA) is 52.6 Å². The van der Waals surface area contributed by atoms with E-state index in [4.69, 9.17) is 5.11 Å². The van der Waals surface area contributed by atoms with E-state index in [1.807, 2.05) is 0 Å². The molecular weight excluding hydrogens is 249 g/mol. The maximum absolute atomic E-state index is 12.1. The van der Waals surface area contributed by atoms with E-state index >= 15 is 0 Å². The second kappa shape index (κ2) is 6.94. The number of hydrogen-bond donors (Lipinski definition) is 2. The number of hydrogen-bond acceptors (Lipinski definition) is 3. The summed E-state index contributed by atoms with van der Waals surface area (Å²) in [5.41, 5.74) is 0. The number of carbonyl (C=O) groups is 1. The van der Waals surface area contributed by atoms with E-state index in [0.717, 1.165) is 0 Å². The molecule has 0 saturated carbocycles. The Morgan fingerprint density at radius 2 is 1.94 bits per heavy atom. The van der Waals surface area contributed by atoms with Crippen molar-refractivity contribution in [3.8, 4) is 0 Å². The molecule has 0 amide bonds. The van der Waals surface area contributed by atoms with Gasteiger partial charge in [0.2, 0.25) is 0 Å². The molecule has 0 spiro atoms. The highest BCUT2D eigenvalue weighted by molar-refractivity contribution is 5.66. The quantitative estimate of drug-likeness (QED) is 0.716. The van der Waals surface area contributed by atoms with Gasteiger partial charge in [-0.15, -0.1) is 0 Å². The molecule has 1 heterocycles. The van der Waals surface area contributed by atoms with Gasteiger partial charge in [0, 0.05) is 12.5 Å². The minimum atomic E-state index is -4.12. The molecular formula is C11H19F3N2O2. The van der Waals surface area contributed by atoms with Crippen LogP contribution in [0.1, 0.15) is 25.7 Å². The van der Waals surface area contributed by atoms with Crippen molar-refractivity contribution in [1.82, 2.24) is 10.2 Å². The maximum atomic E-state index is 12.1. The Balaban J connectivity index is 2.10. The third kappa shape index (κ3) is 6.80. The molecule has 0 aromatic heterocycles. The van der Waals surface area contributed by atoms with Crippen LogP contribution >= 0.6 is 0 Å². The standard InChI is InChI=1S/C11H19F3N2O2/c12-11(13,14)8-16-6-3-9(4-7-16)15-5-1-2-10(17)18/h9,15H,1-8H2,(H,17,18). The van der Waals surface area contributed by atoms with Crippen LogP contribution in [-0.2, 0) is 4.79 Å². The minimum absolute atomic E-state index is 0.125. The van der Waals surface area contributed by atoms with Gasteiger partial charge in [-0.2, -0.15) is 13.2 Å². The SMILES string of the molecule is O=C(O)CCCNC1CCN(CC(F)(F)F)CC1. The first kappa shape index (κ1) is 15.2. The fraction of sp³-hybridized carbons (Fsp3) is 0.909. The van der Waals surface area contributed by atoms with Gasteiger partial charge in [0.1, 0.15) is 0 Å². The molecule has 2 N–H and O–H groups in total. The van der Waals surface area contributed by atoms with E-state index in [2.05, 4.69) is 5.32 Å². The third-order valence-corrected chi connectivity index (χ3v) is 2.99. The number of piperidine rings is 1. The highest BCUT2D eigenvalue weighted by Crippen LogP contribution is 2.19. The van der Waals surface area contributed by atoms with Gasteiger partial charge in [-0.05, 0) is 38.9 Å². The van der Waals surface area contributed by atoms with Crippen LogP contribution in [0.2, 0.25) is 0 Å². The lowest BCUT2D eigenvalue weighted by atomic mass is 10.0. The third-order valence-electron chi connectivity index (χ3n) is 2.99. The fourth-order valence-corrected chi connectivity index (χ4v) is 2.09. The molecule has 0 radical (unpaired) electrons. The van der Waals surface area contributed by atoms with E-state index in [1.54, 1.807) is 0 Å². The highest BCUT2D eigenvalue weighted by Gasteiger charge is 2.32. The zero-order valence-corrected chi connectivity index (χ0v) is 10.2. The van der Waals surface area contributed by atoms with E-state index in [9.17, 15) is 18.0 Å². The average molecular weight is 268 g/mol. The zero-order valence-electron chi connectivity index (χ0n) is 10.2. The largest absolute Gasteiger partial charge is 0.481 e. The van der Waals surface area contributed by atoms with Gasteiger partial charge < -0.3 is 10.4 Å². The number of halogens is 3. The van der Waals surface area contributed by atoms with Crippen molar-refractivity contribution < 1.29 is 23.1 Å². The number of aliphatic carboxylic acids is 1. The molecule has 1 saturated heterocycles. The van der Waals surface area contributed by atoms with Gasteiger partial charge in [0.05, 0.1) is 6.54 Å². The number of nitrogens with zero attached hydrogens (tertiary/aromatic N) is 1. The Morgan fingerprint density at radius 1 is 1.33 bits per heavy atom. The zero-order chi connectivity index (χ0) is 13.6. The van der Waals surface area contributed by atoms with Crippen molar-refractivity contribution in [3.63, 3.8) is 0 Å². The first-order chi connectivity index (χ1) is 8.37. The monoisotopic (exact) mass is 268 g/mol. The van der Waals surface area contributed by atoms with Gasteiger partial charge in [0.15, 0.2) is 0 Å². The van der Waals surface area contributed by atoms with Crippen LogP contribution in [0, 0.1) is 0 Å². The van der Waals surface area contributed by atoms with Crippen molar-refractivity contribution in [1.29, 1.82) is 0 Å². The molecule has 7 heteroatoms. The summed E-state index contributed by atoms with van der Waals surface area (Å²) < 4.78 is 36.4. The lowest BCUT2D eigenvalue weighted by Crippen LogP contribution is -2.45. The molecule has 1 fully saturated rings. The Morgan fingerprint density at radius 3 is 2.44 bits per heavy atom. The molecule has 4 nitrogen and oxygen atoms in total. The molecule has 0 unspecified atom stereocenters. The predicted octanol–water partition coefficient (Wildman–Crippen LogP) is 1.47. The second-order valence-corrected chi connectivity index (χ2v) is 4.62. The van der Waals surface area contributed by atoms with Crippen LogP contribution in [-0.4, -0.2) is 54.4 Å². The van der Waals surface area contributed by atoms with Gasteiger partial charge >= 0.3 is 12.1 Å². The molecule has 106 valence electrons. The predicted molar refractivity (Wildman–Crippen MR) is 60.4 cm³/mol. The van der Waals surface area contributed by atoms with E-state index in [0.29, 0.717) is 38.9 Å². The number of alkyl halides is 3. The number of nitrogens with one attached hydrogen (secondary N) is 1. The number of carboxylic acid groups (broad SMARTS) is 1. The first-order valence-corrected chi connectivity index (χ1v) is 6.11. The molecule has 1 aliphatic rings. The summed E-state index contributed by atoms with van der Waals surface area (Å²) >= 11 is 0. The van der Waals surface area contributed by atoms with Crippen molar-refractivity contribution in [2.24, 2.45) is 0 Å². The van der Waals surface area contributed by atoms with Gasteiger partial charge in [0.25, 0.3) is 0 Å². The summed E-state index contributed by atoms with van der Waals surface area (Å²) in [6.07, 6.45) is -2.08. The van der Waals surface area contributed by atoms with Crippen LogP contribution in [0.5, 0.6) is 0 Å². The van der Waals surface area contributed by atoms with Crippen molar-refractivity contribution in [3.05, 3.63) is 0 Å². The van der Waals surface area contributed by atoms with Crippen LogP contribution in [0.3, 0.4) is 0 Å². The second-order valence-electron chi connectivity index (χ2n) is 4.62. The Hall–Kier alpha value is -0.820. The molecule has 1 aliphatic heterocycles. The maximum Gasteiger partial charge on any atom is 0.401 e. The smallest absolute Gasteiger partial charge is 0.401 e. The number of carboxylic acids is 1. The molecule has 0 atom stereocenters. The van der Waals surface area contributed by atoms with Crippen LogP contribution in [0.4, 0.5) is 13.2 Å². The van der Waals surface area contributed by atoms with Crippen molar-refractivity contribution >= 4 is 5.97 Å². The molecule has 0 aliphatic carbocycles. The van der Waals surface area contributed by atoms with E-state index in [-0.39, 0.29) is 12.5 Å².